The number of carbonyl (C=O) groups is 1. The van der Waals surface area contributed by atoms with E-state index in [-0.39, 0.29) is 18.7 Å². The summed E-state index contributed by atoms with van der Waals surface area (Å²) in [6.45, 7) is 1.97. The molecule has 0 saturated heterocycles. The minimum Gasteiger partial charge on any atom is -0.485 e. The lowest BCUT2D eigenvalue weighted by atomic mass is 10.0. The Morgan fingerprint density at radius 3 is 2.69 bits per heavy atom. The van der Waals surface area contributed by atoms with Crippen LogP contribution in [0.25, 0.3) is 0 Å². The second kappa shape index (κ2) is 6.51. The fourth-order valence-corrected chi connectivity index (χ4v) is 3.01. The third-order valence-corrected chi connectivity index (χ3v) is 4.32. The number of ether oxygens (including phenoxy) is 1. The van der Waals surface area contributed by atoms with Gasteiger partial charge in [0.25, 0.3) is 5.91 Å². The smallest absolute Gasteiger partial charge is 0.255 e. The minimum absolute atomic E-state index is 0.0727. The molecule has 26 heavy (non-hydrogen) atoms. The first-order chi connectivity index (χ1) is 12.6. The first-order valence-corrected chi connectivity index (χ1v) is 8.26. The third-order valence-electron chi connectivity index (χ3n) is 4.32. The predicted molar refractivity (Wildman–Crippen MR) is 94.9 cm³/mol. The molecule has 0 saturated carbocycles. The van der Waals surface area contributed by atoms with Crippen LogP contribution < -0.4 is 15.0 Å². The molecule has 7 nitrogen and oxygen atoms in total. The Hall–Kier alpha value is -3.35. The molecule has 1 aliphatic rings. The summed E-state index contributed by atoms with van der Waals surface area (Å²) in [4.78, 5) is 18.5. The number of aromatic nitrogens is 2. The molecular weight excluding hydrogens is 332 g/mol. The van der Waals surface area contributed by atoms with E-state index in [0.717, 1.165) is 11.3 Å². The van der Waals surface area contributed by atoms with Crippen molar-refractivity contribution in [1.29, 1.82) is 0 Å². The lowest BCUT2D eigenvalue weighted by molar-refractivity contribution is 0.0928. The Morgan fingerprint density at radius 2 is 1.96 bits per heavy atom. The zero-order valence-electron chi connectivity index (χ0n) is 14.5. The van der Waals surface area contributed by atoms with E-state index < -0.39 is 0 Å². The van der Waals surface area contributed by atoms with Gasteiger partial charge in [0, 0.05) is 14.0 Å². The highest BCUT2D eigenvalue weighted by atomic mass is 16.5. The maximum atomic E-state index is 12.4. The molecule has 2 heterocycles. The highest BCUT2D eigenvalue weighted by Crippen LogP contribution is 2.32. The van der Waals surface area contributed by atoms with Crippen molar-refractivity contribution in [3.63, 3.8) is 0 Å². The zero-order valence-corrected chi connectivity index (χ0v) is 14.5. The summed E-state index contributed by atoms with van der Waals surface area (Å²) in [5.74, 6) is 1.63. The lowest BCUT2D eigenvalue weighted by Crippen LogP contribution is -2.44. The average molecular weight is 350 g/mol. The van der Waals surface area contributed by atoms with Crippen LogP contribution in [0, 0.1) is 6.92 Å². The standard InChI is InChI=1S/C19H18N4O3/c1-12-20-17(22-26-12)11-25-14-9-7-13(8-10-14)18-21-19(24)15-5-3-4-6-16(15)23(18)2/h3-10,18H,11H2,1-2H3,(H,21,24). The van der Waals surface area contributed by atoms with Gasteiger partial charge in [0.2, 0.25) is 11.7 Å². The zero-order chi connectivity index (χ0) is 18.1. The monoisotopic (exact) mass is 350 g/mol. The summed E-state index contributed by atoms with van der Waals surface area (Å²) in [5, 5.41) is 6.83. The number of carbonyl (C=O) groups excluding carboxylic acids is 1. The number of amides is 1. The Labute approximate surface area is 150 Å². The first kappa shape index (κ1) is 16.1. The maximum Gasteiger partial charge on any atom is 0.255 e. The van der Waals surface area contributed by atoms with Crippen LogP contribution in [0.2, 0.25) is 0 Å². The number of hydrogen-bond acceptors (Lipinski definition) is 6. The molecule has 1 unspecified atom stereocenters. The molecule has 1 amide bonds. The summed E-state index contributed by atoms with van der Waals surface area (Å²) in [6.07, 6.45) is -0.230. The van der Waals surface area contributed by atoms with Crippen molar-refractivity contribution in [3.05, 3.63) is 71.4 Å². The average Bonchev–Trinajstić information content (AvgIpc) is 3.09. The van der Waals surface area contributed by atoms with Crippen LogP contribution in [0.15, 0.2) is 53.1 Å². The van der Waals surface area contributed by atoms with Gasteiger partial charge < -0.3 is 19.5 Å². The molecule has 2 aromatic carbocycles. The molecular formula is C19H18N4O3. The number of para-hydroxylation sites is 1. The van der Waals surface area contributed by atoms with E-state index in [1.54, 1.807) is 6.92 Å². The van der Waals surface area contributed by atoms with Crippen LogP contribution in [0.5, 0.6) is 5.75 Å². The number of fused-ring (bicyclic) bond motifs is 1. The minimum atomic E-state index is -0.230. The van der Waals surface area contributed by atoms with Gasteiger partial charge in [0.15, 0.2) is 6.61 Å². The molecule has 1 N–H and O–H groups in total. The van der Waals surface area contributed by atoms with Crippen molar-refractivity contribution in [3.8, 4) is 5.75 Å². The maximum absolute atomic E-state index is 12.4. The highest BCUT2D eigenvalue weighted by molar-refractivity contribution is 6.01. The molecule has 3 aromatic rings. The molecule has 1 aromatic heterocycles. The van der Waals surface area contributed by atoms with Crippen molar-refractivity contribution in [2.75, 3.05) is 11.9 Å². The van der Waals surface area contributed by atoms with Crippen molar-refractivity contribution >= 4 is 11.6 Å². The van der Waals surface area contributed by atoms with Crippen LogP contribution >= 0.6 is 0 Å². The van der Waals surface area contributed by atoms with Crippen molar-refractivity contribution in [2.24, 2.45) is 0 Å². The number of rotatable bonds is 4. The van der Waals surface area contributed by atoms with Crippen molar-refractivity contribution in [1.82, 2.24) is 15.5 Å². The molecule has 7 heteroatoms. The lowest BCUT2D eigenvalue weighted by Gasteiger charge is -2.36. The second-order valence-electron chi connectivity index (χ2n) is 6.09. The topological polar surface area (TPSA) is 80.5 Å². The second-order valence-corrected chi connectivity index (χ2v) is 6.09. The van der Waals surface area contributed by atoms with E-state index in [4.69, 9.17) is 9.26 Å². The molecule has 0 bridgehead atoms. The molecule has 0 spiro atoms. The van der Waals surface area contributed by atoms with Gasteiger partial charge in [0.1, 0.15) is 11.9 Å². The van der Waals surface area contributed by atoms with Crippen molar-refractivity contribution < 1.29 is 14.1 Å². The summed E-state index contributed by atoms with van der Waals surface area (Å²) in [5.41, 5.74) is 2.56. The normalized spacial score (nSPS) is 16.2. The fourth-order valence-electron chi connectivity index (χ4n) is 3.01. The highest BCUT2D eigenvalue weighted by Gasteiger charge is 2.28. The van der Waals surface area contributed by atoms with Crippen LogP contribution in [0.3, 0.4) is 0 Å². The van der Waals surface area contributed by atoms with Gasteiger partial charge in [-0.3, -0.25) is 4.79 Å². The predicted octanol–water partition coefficient (Wildman–Crippen LogP) is 2.84. The molecule has 0 radical (unpaired) electrons. The van der Waals surface area contributed by atoms with E-state index in [2.05, 4.69) is 20.4 Å². The van der Waals surface area contributed by atoms with Crippen LogP contribution in [-0.2, 0) is 6.61 Å². The van der Waals surface area contributed by atoms with Gasteiger partial charge in [-0.05, 0) is 29.8 Å². The van der Waals surface area contributed by atoms with E-state index in [1.165, 1.54) is 0 Å². The van der Waals surface area contributed by atoms with Crippen LogP contribution in [-0.4, -0.2) is 23.1 Å². The number of hydrogen-bond donors (Lipinski definition) is 1. The largest absolute Gasteiger partial charge is 0.485 e. The summed E-state index contributed by atoms with van der Waals surface area (Å²) in [7, 11) is 1.96. The van der Waals surface area contributed by atoms with E-state index in [9.17, 15) is 4.79 Å². The Kier molecular flexibility index (Phi) is 4.04. The SMILES string of the molecule is Cc1nc(COc2ccc(C3NC(=O)c4ccccc4N3C)cc2)no1. The third kappa shape index (κ3) is 2.99. The quantitative estimate of drug-likeness (QED) is 0.779. The van der Waals surface area contributed by atoms with E-state index >= 15 is 0 Å². The number of nitrogens with zero attached hydrogens (tertiary/aromatic N) is 3. The summed E-state index contributed by atoms with van der Waals surface area (Å²) >= 11 is 0. The molecule has 0 aliphatic carbocycles. The molecule has 1 aliphatic heterocycles. The van der Waals surface area contributed by atoms with Crippen LogP contribution in [0.4, 0.5) is 5.69 Å². The van der Waals surface area contributed by atoms with E-state index in [1.807, 2.05) is 55.6 Å². The van der Waals surface area contributed by atoms with Gasteiger partial charge in [-0.25, -0.2) is 0 Å². The Balaban J connectivity index is 1.49. The van der Waals surface area contributed by atoms with Gasteiger partial charge in [-0.15, -0.1) is 0 Å². The number of benzene rings is 2. The number of aryl methyl sites for hydroxylation is 1. The van der Waals surface area contributed by atoms with Gasteiger partial charge in [-0.1, -0.05) is 29.4 Å². The fraction of sp³-hybridized carbons (Fsp3) is 0.211. The van der Waals surface area contributed by atoms with Gasteiger partial charge in [0.05, 0.1) is 11.3 Å². The molecule has 4 rings (SSSR count). The Morgan fingerprint density at radius 1 is 1.19 bits per heavy atom. The first-order valence-electron chi connectivity index (χ1n) is 8.26. The van der Waals surface area contributed by atoms with Crippen molar-refractivity contribution in [2.45, 2.75) is 19.7 Å². The van der Waals surface area contributed by atoms with E-state index in [0.29, 0.717) is 23.0 Å². The molecule has 1 atom stereocenters. The number of nitrogens with one attached hydrogen (secondary N) is 1. The molecule has 132 valence electrons. The van der Waals surface area contributed by atoms with Gasteiger partial charge in [-0.2, -0.15) is 4.98 Å². The summed E-state index contributed by atoms with van der Waals surface area (Å²) < 4.78 is 10.6. The van der Waals surface area contributed by atoms with Gasteiger partial charge >= 0.3 is 0 Å². The van der Waals surface area contributed by atoms with Crippen LogP contribution in [0.1, 0.15) is 33.8 Å². The Bertz CT molecular complexity index is 936. The molecule has 0 fully saturated rings. The summed E-state index contributed by atoms with van der Waals surface area (Å²) in [6, 6.07) is 15.2. The number of anilines is 1.